The second-order valence-corrected chi connectivity index (χ2v) is 8.80. The van der Waals surface area contributed by atoms with Gasteiger partial charge in [-0.05, 0) is 36.2 Å². The maximum atomic E-state index is 12.5. The van der Waals surface area contributed by atoms with Crippen LogP contribution in [0.3, 0.4) is 0 Å². The Bertz CT molecular complexity index is 765. The molecule has 6 heteroatoms. The molecule has 21 heavy (non-hydrogen) atoms. The van der Waals surface area contributed by atoms with E-state index >= 15 is 0 Å². The van der Waals surface area contributed by atoms with Gasteiger partial charge in [0.05, 0.1) is 16.3 Å². The highest BCUT2D eigenvalue weighted by molar-refractivity contribution is 8.01. The van der Waals surface area contributed by atoms with Crippen molar-refractivity contribution in [2.75, 3.05) is 11.5 Å². The van der Waals surface area contributed by atoms with Crippen molar-refractivity contribution in [1.82, 2.24) is 0 Å². The average molecular weight is 340 g/mol. The zero-order valence-electron chi connectivity index (χ0n) is 11.1. The summed E-state index contributed by atoms with van der Waals surface area (Å²) in [7, 11) is -3.41. The average Bonchev–Trinajstić information content (AvgIpc) is 2.79. The van der Waals surface area contributed by atoms with Crippen molar-refractivity contribution in [1.29, 1.82) is 0 Å². The number of halogens is 1. The highest BCUT2D eigenvalue weighted by Crippen LogP contribution is 2.38. The lowest BCUT2D eigenvalue weighted by molar-refractivity contribution is 0.594. The summed E-state index contributed by atoms with van der Waals surface area (Å²) in [6.07, 6.45) is 0.771. The molecule has 3 rings (SSSR count). The highest BCUT2D eigenvalue weighted by Gasteiger charge is 2.28. The quantitative estimate of drug-likeness (QED) is 0.870. The molecule has 2 aromatic rings. The summed E-state index contributed by atoms with van der Waals surface area (Å²) in [4.78, 5) is 1.34. The smallest absolute Gasteiger partial charge is 0.181 e. The van der Waals surface area contributed by atoms with Gasteiger partial charge in [0, 0.05) is 15.2 Å². The Morgan fingerprint density at radius 2 is 2.00 bits per heavy atom. The summed E-state index contributed by atoms with van der Waals surface area (Å²) in [6, 6.07) is 12.5. The minimum Gasteiger partial charge on any atom is -0.398 e. The van der Waals surface area contributed by atoms with Crippen molar-refractivity contribution in [3.63, 3.8) is 0 Å². The lowest BCUT2D eigenvalue weighted by atomic mass is 10.1. The third-order valence-corrected chi connectivity index (χ3v) is 7.07. The van der Waals surface area contributed by atoms with Crippen LogP contribution in [-0.4, -0.2) is 19.4 Å². The minimum absolute atomic E-state index is 0.0301. The molecule has 2 N–H and O–H groups in total. The number of thioether (sulfide) groups is 1. The van der Waals surface area contributed by atoms with Crippen molar-refractivity contribution >= 4 is 38.9 Å². The van der Waals surface area contributed by atoms with Gasteiger partial charge in [-0.25, -0.2) is 8.42 Å². The summed E-state index contributed by atoms with van der Waals surface area (Å²) in [5.74, 6) is 0.0815. The first-order valence-corrected chi connectivity index (χ1v) is 9.39. The van der Waals surface area contributed by atoms with Gasteiger partial charge in [-0.1, -0.05) is 29.8 Å². The third kappa shape index (κ3) is 3.05. The van der Waals surface area contributed by atoms with E-state index in [4.69, 9.17) is 17.3 Å². The van der Waals surface area contributed by atoms with Gasteiger partial charge in [-0.2, -0.15) is 0 Å². The van der Waals surface area contributed by atoms with E-state index in [2.05, 4.69) is 0 Å². The van der Waals surface area contributed by atoms with E-state index in [0.29, 0.717) is 5.02 Å². The summed E-state index contributed by atoms with van der Waals surface area (Å²) in [5, 5.41) is 0.469. The van der Waals surface area contributed by atoms with E-state index in [0.717, 1.165) is 6.42 Å². The van der Waals surface area contributed by atoms with Gasteiger partial charge in [-0.15, -0.1) is 11.8 Å². The Labute approximate surface area is 133 Å². The molecule has 0 fully saturated rings. The lowest BCUT2D eigenvalue weighted by Crippen LogP contribution is -2.19. The Kier molecular flexibility index (Phi) is 3.90. The van der Waals surface area contributed by atoms with Crippen molar-refractivity contribution in [2.24, 2.45) is 0 Å². The lowest BCUT2D eigenvalue weighted by Gasteiger charge is -2.11. The highest BCUT2D eigenvalue weighted by atomic mass is 35.5. The molecule has 110 valence electrons. The molecule has 0 aliphatic carbocycles. The van der Waals surface area contributed by atoms with Crippen LogP contribution in [0, 0.1) is 0 Å². The molecule has 0 saturated carbocycles. The van der Waals surface area contributed by atoms with Crippen molar-refractivity contribution in [3.8, 4) is 0 Å². The van der Waals surface area contributed by atoms with Gasteiger partial charge in [-0.3, -0.25) is 0 Å². The van der Waals surface area contributed by atoms with Crippen LogP contribution in [0.4, 0.5) is 5.69 Å². The molecule has 1 aliphatic rings. The van der Waals surface area contributed by atoms with E-state index in [9.17, 15) is 8.42 Å². The first-order valence-electron chi connectivity index (χ1n) is 6.48. The molecule has 0 amide bonds. The number of benzene rings is 2. The summed E-state index contributed by atoms with van der Waals surface area (Å²) in [5.41, 5.74) is 7.22. The Morgan fingerprint density at radius 1 is 1.24 bits per heavy atom. The fourth-order valence-electron chi connectivity index (χ4n) is 2.48. The largest absolute Gasteiger partial charge is 0.398 e. The number of sulfone groups is 1. The fraction of sp³-hybridized carbons (Fsp3) is 0.200. The van der Waals surface area contributed by atoms with Gasteiger partial charge in [0.15, 0.2) is 9.84 Å². The zero-order valence-corrected chi connectivity index (χ0v) is 13.5. The first kappa shape index (κ1) is 14.8. The number of anilines is 1. The summed E-state index contributed by atoms with van der Waals surface area (Å²) >= 11 is 7.44. The van der Waals surface area contributed by atoms with E-state index in [1.54, 1.807) is 17.8 Å². The second kappa shape index (κ2) is 5.55. The summed E-state index contributed by atoms with van der Waals surface area (Å²) < 4.78 is 25.1. The molecule has 1 atom stereocenters. The number of hydrogen-bond acceptors (Lipinski definition) is 4. The normalized spacial score (nSPS) is 17.7. The monoisotopic (exact) mass is 339 g/mol. The predicted octanol–water partition coefficient (Wildman–Crippen LogP) is 3.41. The predicted molar refractivity (Wildman–Crippen MR) is 87.7 cm³/mol. The summed E-state index contributed by atoms with van der Waals surface area (Å²) in [6.45, 7) is 0. The molecular weight excluding hydrogens is 326 g/mol. The molecule has 0 saturated heterocycles. The SMILES string of the molecule is Nc1cc(Cl)ccc1S(=O)(=O)CC1Cc2ccccc2S1. The Balaban J connectivity index is 1.82. The number of nitrogen functional groups attached to an aromatic ring is 1. The van der Waals surface area contributed by atoms with Crippen molar-refractivity contribution < 1.29 is 8.42 Å². The van der Waals surface area contributed by atoms with Crippen LogP contribution in [0.15, 0.2) is 52.3 Å². The Hall–Kier alpha value is -1.17. The van der Waals surface area contributed by atoms with E-state index in [-0.39, 0.29) is 21.6 Å². The maximum absolute atomic E-state index is 12.5. The molecule has 0 aromatic heterocycles. The fourth-order valence-corrected chi connectivity index (χ4v) is 6.04. The van der Waals surface area contributed by atoms with Crippen LogP contribution >= 0.6 is 23.4 Å². The maximum Gasteiger partial charge on any atom is 0.181 e. The molecular formula is C15H14ClNO2S2. The first-order chi connectivity index (χ1) is 9.95. The molecule has 1 heterocycles. The molecule has 1 aliphatic heterocycles. The number of rotatable bonds is 3. The van der Waals surface area contributed by atoms with Crippen LogP contribution < -0.4 is 5.73 Å². The molecule has 0 spiro atoms. The van der Waals surface area contributed by atoms with E-state index in [1.807, 2.05) is 24.3 Å². The number of hydrogen-bond donors (Lipinski definition) is 1. The van der Waals surface area contributed by atoms with Crippen LogP contribution in [0.5, 0.6) is 0 Å². The van der Waals surface area contributed by atoms with Gasteiger partial charge >= 0.3 is 0 Å². The van der Waals surface area contributed by atoms with Crippen LogP contribution in [0.2, 0.25) is 5.02 Å². The second-order valence-electron chi connectivity index (χ2n) is 5.02. The number of nitrogens with two attached hydrogens (primary N) is 1. The molecule has 0 bridgehead atoms. The minimum atomic E-state index is -3.41. The van der Waals surface area contributed by atoms with Crippen molar-refractivity contribution in [3.05, 3.63) is 53.1 Å². The standard InChI is InChI=1S/C15H14ClNO2S2/c16-11-5-6-15(13(17)8-11)21(18,19)9-12-7-10-3-1-2-4-14(10)20-12/h1-6,8,12H,7,9,17H2. The van der Waals surface area contributed by atoms with Gasteiger partial charge < -0.3 is 5.73 Å². The molecule has 3 nitrogen and oxygen atoms in total. The van der Waals surface area contributed by atoms with Crippen LogP contribution in [-0.2, 0) is 16.3 Å². The van der Waals surface area contributed by atoms with Gasteiger partial charge in [0.1, 0.15) is 0 Å². The molecule has 2 aromatic carbocycles. The van der Waals surface area contributed by atoms with E-state index < -0.39 is 9.84 Å². The molecule has 1 unspecified atom stereocenters. The van der Waals surface area contributed by atoms with Gasteiger partial charge in [0.25, 0.3) is 0 Å². The van der Waals surface area contributed by atoms with Gasteiger partial charge in [0.2, 0.25) is 0 Å². The van der Waals surface area contributed by atoms with Crippen LogP contribution in [0.25, 0.3) is 0 Å². The van der Waals surface area contributed by atoms with E-state index in [1.165, 1.54) is 22.6 Å². The molecule has 0 radical (unpaired) electrons. The zero-order chi connectivity index (χ0) is 15.0. The number of fused-ring (bicyclic) bond motifs is 1. The third-order valence-electron chi connectivity index (χ3n) is 3.43. The Morgan fingerprint density at radius 3 is 2.71 bits per heavy atom. The van der Waals surface area contributed by atoms with Crippen LogP contribution in [0.1, 0.15) is 5.56 Å². The van der Waals surface area contributed by atoms with Crippen molar-refractivity contribution in [2.45, 2.75) is 21.5 Å². The topological polar surface area (TPSA) is 60.2 Å².